The Morgan fingerprint density at radius 1 is 1.26 bits per heavy atom. The predicted molar refractivity (Wildman–Crippen MR) is 92.9 cm³/mol. The quantitative estimate of drug-likeness (QED) is 0.633. The molecule has 11 heteroatoms. The number of amides is 1. The van der Waals surface area contributed by atoms with Gasteiger partial charge >= 0.3 is 6.01 Å². The number of aromatic nitrogens is 4. The molecule has 2 heterocycles. The number of hydrogen-bond donors (Lipinski definition) is 1. The van der Waals surface area contributed by atoms with E-state index in [9.17, 15) is 17.6 Å². The number of hydrogen-bond acceptors (Lipinski definition) is 7. The van der Waals surface area contributed by atoms with Crippen LogP contribution in [0.1, 0.15) is 12.1 Å². The molecular weight excluding hydrogens is 377 g/mol. The van der Waals surface area contributed by atoms with Crippen LogP contribution >= 0.6 is 0 Å². The minimum absolute atomic E-state index is 0.0524. The van der Waals surface area contributed by atoms with Crippen molar-refractivity contribution in [3.63, 3.8) is 0 Å². The summed E-state index contributed by atoms with van der Waals surface area (Å²) in [5, 5.41) is 14.1. The molecule has 0 unspecified atom stereocenters. The van der Waals surface area contributed by atoms with Crippen LogP contribution in [0.3, 0.4) is 0 Å². The summed E-state index contributed by atoms with van der Waals surface area (Å²) in [6.07, 6.45) is -0.317. The minimum Gasteiger partial charge on any atom is -0.401 e. The number of benzene rings is 1. The van der Waals surface area contributed by atoms with E-state index in [0.29, 0.717) is 5.69 Å². The number of carbonyl (C=O) groups is 1. The second kappa shape index (κ2) is 7.27. The lowest BCUT2D eigenvalue weighted by molar-refractivity contribution is -0.115. The van der Waals surface area contributed by atoms with Gasteiger partial charge in [0.15, 0.2) is 9.84 Å². The predicted octanol–water partition coefficient (Wildman–Crippen LogP) is 1.72. The van der Waals surface area contributed by atoms with E-state index in [4.69, 9.17) is 4.42 Å². The van der Waals surface area contributed by atoms with Crippen LogP contribution in [0.5, 0.6) is 0 Å². The number of anilines is 1. The Hall–Kier alpha value is -3.08. The molecule has 9 nitrogen and oxygen atoms in total. The van der Waals surface area contributed by atoms with Crippen LogP contribution in [-0.4, -0.2) is 40.1 Å². The molecule has 3 aromatic rings. The Morgan fingerprint density at radius 2 is 1.96 bits per heavy atom. The van der Waals surface area contributed by atoms with Gasteiger partial charge in [-0.25, -0.2) is 12.8 Å². The van der Waals surface area contributed by atoms with Crippen molar-refractivity contribution in [1.82, 2.24) is 20.0 Å². The Bertz CT molecular complexity index is 1070. The van der Waals surface area contributed by atoms with Crippen molar-refractivity contribution < 1.29 is 22.0 Å². The summed E-state index contributed by atoms with van der Waals surface area (Å²) in [4.78, 5) is 11.9. The SMILES string of the molecule is Cc1cc(-c2nnc(NC(=O)CCS(=O)(=O)c3ccc(F)cc3)o2)n(C)n1. The van der Waals surface area contributed by atoms with Gasteiger partial charge in [-0.05, 0) is 37.3 Å². The van der Waals surface area contributed by atoms with Gasteiger partial charge in [0.05, 0.1) is 16.3 Å². The number of nitrogens with zero attached hydrogens (tertiary/aromatic N) is 4. The molecule has 0 spiro atoms. The zero-order valence-corrected chi connectivity index (χ0v) is 15.3. The molecular formula is C16H16FN5O4S. The summed E-state index contributed by atoms with van der Waals surface area (Å²) < 4.78 is 44.1. The van der Waals surface area contributed by atoms with Gasteiger partial charge in [-0.2, -0.15) is 5.10 Å². The van der Waals surface area contributed by atoms with Crippen molar-refractivity contribution in [3.05, 3.63) is 41.8 Å². The average molecular weight is 393 g/mol. The molecule has 0 bridgehead atoms. The fourth-order valence-corrected chi connectivity index (χ4v) is 3.60. The Morgan fingerprint density at radius 3 is 2.59 bits per heavy atom. The lowest BCUT2D eigenvalue weighted by Gasteiger charge is -2.04. The van der Waals surface area contributed by atoms with Crippen LogP contribution in [0, 0.1) is 12.7 Å². The third-order valence-corrected chi connectivity index (χ3v) is 5.40. The van der Waals surface area contributed by atoms with Crippen LogP contribution < -0.4 is 5.32 Å². The van der Waals surface area contributed by atoms with Crippen LogP contribution in [0.15, 0.2) is 39.6 Å². The Kier molecular flexibility index (Phi) is 5.04. The first-order valence-electron chi connectivity index (χ1n) is 7.87. The number of carbonyl (C=O) groups excluding carboxylic acids is 1. The van der Waals surface area contributed by atoms with Crippen LogP contribution in [-0.2, 0) is 21.7 Å². The third-order valence-electron chi connectivity index (χ3n) is 3.66. The monoisotopic (exact) mass is 393 g/mol. The second-order valence-corrected chi connectivity index (χ2v) is 7.89. The van der Waals surface area contributed by atoms with Gasteiger partial charge in [0, 0.05) is 13.5 Å². The zero-order chi connectivity index (χ0) is 19.6. The van der Waals surface area contributed by atoms with Crippen molar-refractivity contribution in [1.29, 1.82) is 0 Å². The summed E-state index contributed by atoms with van der Waals surface area (Å²) in [5.41, 5.74) is 1.35. The lowest BCUT2D eigenvalue weighted by atomic mass is 10.4. The van der Waals surface area contributed by atoms with E-state index < -0.39 is 27.3 Å². The molecule has 0 aliphatic carbocycles. The maximum absolute atomic E-state index is 12.9. The van der Waals surface area contributed by atoms with Crippen molar-refractivity contribution in [2.75, 3.05) is 11.1 Å². The molecule has 1 N–H and O–H groups in total. The van der Waals surface area contributed by atoms with Crippen molar-refractivity contribution in [3.8, 4) is 11.6 Å². The van der Waals surface area contributed by atoms with Crippen molar-refractivity contribution >= 4 is 21.8 Å². The summed E-state index contributed by atoms with van der Waals surface area (Å²) in [5.74, 6) is -1.40. The number of rotatable bonds is 6. The number of sulfone groups is 1. The molecule has 0 aliphatic rings. The van der Waals surface area contributed by atoms with Crippen molar-refractivity contribution in [2.24, 2.45) is 7.05 Å². The average Bonchev–Trinajstić information content (AvgIpc) is 3.19. The van der Waals surface area contributed by atoms with Crippen molar-refractivity contribution in [2.45, 2.75) is 18.2 Å². The normalized spacial score (nSPS) is 11.5. The molecule has 142 valence electrons. The molecule has 0 radical (unpaired) electrons. The first-order valence-corrected chi connectivity index (χ1v) is 9.52. The largest absolute Gasteiger partial charge is 0.401 e. The van der Waals surface area contributed by atoms with Crippen LogP contribution in [0.4, 0.5) is 10.4 Å². The van der Waals surface area contributed by atoms with Gasteiger partial charge < -0.3 is 4.42 Å². The molecule has 3 rings (SSSR count). The number of aryl methyl sites for hydroxylation is 2. The van der Waals surface area contributed by atoms with Gasteiger partial charge in [-0.1, -0.05) is 5.10 Å². The highest BCUT2D eigenvalue weighted by Crippen LogP contribution is 2.20. The van der Waals surface area contributed by atoms with E-state index in [0.717, 1.165) is 30.0 Å². The standard InChI is InChI=1S/C16H16FN5O4S/c1-10-9-13(22(2)21-10)15-19-20-16(26-15)18-14(23)7-8-27(24,25)12-5-3-11(17)4-6-12/h3-6,9H,7-8H2,1-2H3,(H,18,20,23). The molecule has 27 heavy (non-hydrogen) atoms. The summed E-state index contributed by atoms with van der Waals surface area (Å²) in [6.45, 7) is 1.81. The number of nitrogens with one attached hydrogen (secondary N) is 1. The molecule has 2 aromatic heterocycles. The summed E-state index contributed by atoms with van der Waals surface area (Å²) in [7, 11) is -2.00. The zero-order valence-electron chi connectivity index (χ0n) is 14.5. The minimum atomic E-state index is -3.71. The van der Waals surface area contributed by atoms with Gasteiger partial charge in [-0.3, -0.25) is 14.8 Å². The van der Waals surface area contributed by atoms with E-state index >= 15 is 0 Å². The maximum atomic E-state index is 12.9. The lowest BCUT2D eigenvalue weighted by Crippen LogP contribution is -2.17. The van der Waals surface area contributed by atoms with Crippen LogP contribution in [0.25, 0.3) is 11.6 Å². The van der Waals surface area contributed by atoms with Gasteiger partial charge in [0.1, 0.15) is 11.5 Å². The van der Waals surface area contributed by atoms with E-state index in [1.807, 2.05) is 6.92 Å². The second-order valence-electron chi connectivity index (χ2n) is 5.78. The maximum Gasteiger partial charge on any atom is 0.322 e. The summed E-state index contributed by atoms with van der Waals surface area (Å²) in [6, 6.07) is 6.01. The first-order chi connectivity index (χ1) is 12.7. The molecule has 0 saturated heterocycles. The molecule has 0 saturated carbocycles. The highest BCUT2D eigenvalue weighted by atomic mass is 32.2. The number of halogens is 1. The highest BCUT2D eigenvalue weighted by Gasteiger charge is 2.19. The van der Waals surface area contributed by atoms with Gasteiger partial charge in [0.25, 0.3) is 5.89 Å². The van der Waals surface area contributed by atoms with E-state index in [-0.39, 0.29) is 23.2 Å². The fraction of sp³-hybridized carbons (Fsp3) is 0.250. The molecule has 1 amide bonds. The first kappa shape index (κ1) is 18.7. The van der Waals surface area contributed by atoms with Crippen LogP contribution in [0.2, 0.25) is 0 Å². The summed E-state index contributed by atoms with van der Waals surface area (Å²) >= 11 is 0. The fourth-order valence-electron chi connectivity index (χ4n) is 2.36. The molecule has 1 aromatic carbocycles. The Balaban J connectivity index is 1.61. The molecule has 0 atom stereocenters. The Labute approximate surface area is 154 Å². The van der Waals surface area contributed by atoms with Gasteiger partial charge in [0.2, 0.25) is 5.91 Å². The molecule has 0 aliphatic heterocycles. The smallest absolute Gasteiger partial charge is 0.322 e. The van der Waals surface area contributed by atoms with Gasteiger partial charge in [-0.15, -0.1) is 5.10 Å². The van der Waals surface area contributed by atoms with E-state index in [1.54, 1.807) is 17.8 Å². The topological polar surface area (TPSA) is 120 Å². The molecule has 0 fully saturated rings. The third kappa shape index (κ3) is 4.37. The van der Waals surface area contributed by atoms with E-state index in [1.165, 1.54) is 0 Å². The van der Waals surface area contributed by atoms with E-state index in [2.05, 4.69) is 20.6 Å². The highest BCUT2D eigenvalue weighted by molar-refractivity contribution is 7.91.